The lowest BCUT2D eigenvalue weighted by molar-refractivity contribution is -0.133. The van der Waals surface area contributed by atoms with Crippen LogP contribution in [0.3, 0.4) is 0 Å². The number of amides is 2. The zero-order valence-electron chi connectivity index (χ0n) is 19.2. The molecule has 0 bridgehead atoms. The van der Waals surface area contributed by atoms with Gasteiger partial charge in [-0.05, 0) is 36.4 Å². The van der Waals surface area contributed by atoms with Gasteiger partial charge in [-0.2, -0.15) is 4.31 Å². The molecule has 0 unspecified atom stereocenters. The molecule has 10 heteroatoms. The van der Waals surface area contributed by atoms with E-state index in [2.05, 4.69) is 5.32 Å². The molecule has 180 valence electrons. The van der Waals surface area contributed by atoms with Gasteiger partial charge in [-0.25, -0.2) is 8.42 Å². The lowest BCUT2D eigenvalue weighted by Gasteiger charge is -2.34. The molecule has 2 aromatic rings. The van der Waals surface area contributed by atoms with Gasteiger partial charge >= 0.3 is 0 Å². The minimum absolute atomic E-state index is 0.100. The van der Waals surface area contributed by atoms with Crippen molar-refractivity contribution in [1.29, 1.82) is 0 Å². The summed E-state index contributed by atoms with van der Waals surface area (Å²) in [4.78, 5) is 28.2. The minimum atomic E-state index is -3.63. The third kappa shape index (κ3) is 6.73. The second-order valence-corrected chi connectivity index (χ2v) is 10.1. The van der Waals surface area contributed by atoms with Crippen LogP contribution in [0, 0.1) is 0 Å². The highest BCUT2D eigenvalue weighted by atomic mass is 32.2. The first-order valence-electron chi connectivity index (χ1n) is 11.0. The Hall–Kier alpha value is -2.53. The number of nitrogens with zero attached hydrogens (tertiary/aromatic N) is 3. The summed E-state index contributed by atoms with van der Waals surface area (Å²) in [5.74, 6) is -0.264. The Balaban J connectivity index is 1.49. The average molecular weight is 477 g/mol. The van der Waals surface area contributed by atoms with Gasteiger partial charge in [0.15, 0.2) is 0 Å². The molecule has 33 heavy (non-hydrogen) atoms. The van der Waals surface area contributed by atoms with Gasteiger partial charge in [0.25, 0.3) is 0 Å². The lowest BCUT2D eigenvalue weighted by Crippen LogP contribution is -2.52. The van der Waals surface area contributed by atoms with Gasteiger partial charge in [0.1, 0.15) is 0 Å². The molecule has 1 heterocycles. The number of carbonyl (C=O) groups excluding carboxylic acids is 2. The number of ether oxygens (including phenoxy) is 1. The van der Waals surface area contributed by atoms with Crippen LogP contribution in [0.2, 0.25) is 0 Å². The van der Waals surface area contributed by atoms with Crippen LogP contribution in [0.1, 0.15) is 6.42 Å². The molecule has 0 radical (unpaired) electrons. The number of carbonyl (C=O) groups is 2. The fourth-order valence-corrected chi connectivity index (χ4v) is 5.25. The van der Waals surface area contributed by atoms with Crippen molar-refractivity contribution in [3.63, 3.8) is 0 Å². The number of rotatable bonds is 10. The molecule has 9 nitrogen and oxygen atoms in total. The van der Waals surface area contributed by atoms with E-state index in [4.69, 9.17) is 4.74 Å². The third-order valence-corrected chi connectivity index (χ3v) is 7.51. The van der Waals surface area contributed by atoms with E-state index in [0.717, 1.165) is 17.2 Å². The largest absolute Gasteiger partial charge is 0.385 e. The molecule has 0 aromatic heterocycles. The zero-order valence-corrected chi connectivity index (χ0v) is 20.0. The van der Waals surface area contributed by atoms with E-state index in [1.54, 1.807) is 36.1 Å². The van der Waals surface area contributed by atoms with Crippen LogP contribution in [-0.4, -0.2) is 101 Å². The number of likely N-dealkylation sites (N-methyl/N-ethyl adjacent to an activating group) is 1. The predicted molar refractivity (Wildman–Crippen MR) is 126 cm³/mol. The van der Waals surface area contributed by atoms with Crippen LogP contribution < -0.4 is 5.32 Å². The minimum Gasteiger partial charge on any atom is -0.385 e. The fourth-order valence-electron chi connectivity index (χ4n) is 3.79. The van der Waals surface area contributed by atoms with Crippen LogP contribution in [0.15, 0.2) is 47.4 Å². The normalized spacial score (nSPS) is 15.2. The Labute approximate surface area is 195 Å². The second-order valence-electron chi connectivity index (χ2n) is 8.16. The number of hydrogen-bond acceptors (Lipinski definition) is 6. The Morgan fingerprint density at radius 2 is 1.73 bits per heavy atom. The maximum absolute atomic E-state index is 13.1. The zero-order chi connectivity index (χ0) is 23.8. The molecule has 2 amide bonds. The molecule has 3 rings (SSSR count). The Morgan fingerprint density at radius 1 is 1.03 bits per heavy atom. The third-order valence-electron chi connectivity index (χ3n) is 5.62. The predicted octanol–water partition coefficient (Wildman–Crippen LogP) is 0.757. The number of sulfonamides is 1. The lowest BCUT2D eigenvalue weighted by atomic mass is 10.1. The van der Waals surface area contributed by atoms with Crippen molar-refractivity contribution >= 4 is 32.6 Å². The summed E-state index contributed by atoms with van der Waals surface area (Å²) in [6.45, 7) is 2.46. The number of methoxy groups -OCH3 is 1. The van der Waals surface area contributed by atoms with Crippen molar-refractivity contribution in [2.24, 2.45) is 0 Å². The molecule has 1 saturated heterocycles. The SMILES string of the molecule is COCCCNC(=O)CN(C)CC(=O)N1CCN(S(=O)(=O)c2ccc3ccccc3c2)CC1. The average Bonchev–Trinajstić information content (AvgIpc) is 2.81. The first-order valence-corrected chi connectivity index (χ1v) is 12.5. The quantitative estimate of drug-likeness (QED) is 0.509. The van der Waals surface area contributed by atoms with E-state index in [9.17, 15) is 18.0 Å². The first kappa shape index (κ1) is 25.1. The Morgan fingerprint density at radius 3 is 2.42 bits per heavy atom. The van der Waals surface area contributed by atoms with Crippen molar-refractivity contribution in [3.8, 4) is 0 Å². The van der Waals surface area contributed by atoms with Gasteiger partial charge in [-0.3, -0.25) is 14.5 Å². The summed E-state index contributed by atoms with van der Waals surface area (Å²) in [7, 11) is -0.305. The Bertz CT molecular complexity index is 1070. The van der Waals surface area contributed by atoms with Crippen LogP contribution in [-0.2, 0) is 24.3 Å². The highest BCUT2D eigenvalue weighted by Crippen LogP contribution is 2.22. The van der Waals surface area contributed by atoms with Gasteiger partial charge in [0.05, 0.1) is 18.0 Å². The van der Waals surface area contributed by atoms with Crippen LogP contribution in [0.4, 0.5) is 0 Å². The molecule has 0 spiro atoms. The summed E-state index contributed by atoms with van der Waals surface area (Å²) >= 11 is 0. The van der Waals surface area contributed by atoms with Gasteiger partial charge in [-0.1, -0.05) is 30.3 Å². The standard InChI is InChI=1S/C23H32N4O5S/c1-25(17-22(28)24-10-5-15-32-2)18-23(29)26-11-13-27(14-12-26)33(30,31)21-9-8-19-6-3-4-7-20(19)16-21/h3-4,6-9,16H,5,10-15,17-18H2,1-2H3,(H,24,28). The number of piperazine rings is 1. The summed E-state index contributed by atoms with van der Waals surface area (Å²) < 4.78 is 32.6. The van der Waals surface area contributed by atoms with Crippen molar-refractivity contribution < 1.29 is 22.7 Å². The van der Waals surface area contributed by atoms with E-state index in [0.29, 0.717) is 26.2 Å². The maximum atomic E-state index is 13.1. The number of fused-ring (bicyclic) bond motifs is 1. The molecular formula is C23H32N4O5S. The molecule has 1 aliphatic rings. The summed E-state index contributed by atoms with van der Waals surface area (Å²) in [5, 5.41) is 4.65. The molecule has 1 fully saturated rings. The molecule has 0 saturated carbocycles. The van der Waals surface area contributed by atoms with E-state index in [1.807, 2.05) is 30.3 Å². The Kier molecular flexibility index (Phi) is 8.79. The van der Waals surface area contributed by atoms with Crippen molar-refractivity contribution in [2.45, 2.75) is 11.3 Å². The van der Waals surface area contributed by atoms with Gasteiger partial charge in [0.2, 0.25) is 21.8 Å². The molecule has 1 aliphatic heterocycles. The monoisotopic (exact) mass is 476 g/mol. The first-order chi connectivity index (χ1) is 15.8. The highest BCUT2D eigenvalue weighted by Gasteiger charge is 2.30. The van der Waals surface area contributed by atoms with Crippen LogP contribution in [0.5, 0.6) is 0 Å². The smallest absolute Gasteiger partial charge is 0.243 e. The van der Waals surface area contributed by atoms with Gasteiger partial charge < -0.3 is 15.0 Å². The van der Waals surface area contributed by atoms with Crippen molar-refractivity contribution in [3.05, 3.63) is 42.5 Å². The second kappa shape index (κ2) is 11.6. The van der Waals surface area contributed by atoms with Crippen molar-refractivity contribution in [2.75, 3.05) is 66.6 Å². The number of benzene rings is 2. The molecule has 2 aromatic carbocycles. The highest BCUT2D eigenvalue weighted by molar-refractivity contribution is 7.89. The molecule has 0 aliphatic carbocycles. The summed E-state index contributed by atoms with van der Waals surface area (Å²) in [5.41, 5.74) is 0. The van der Waals surface area contributed by atoms with E-state index in [1.165, 1.54) is 4.31 Å². The van der Waals surface area contributed by atoms with Crippen molar-refractivity contribution in [1.82, 2.24) is 19.4 Å². The fraction of sp³-hybridized carbons (Fsp3) is 0.478. The summed E-state index contributed by atoms with van der Waals surface area (Å²) in [6.07, 6.45) is 0.733. The molecule has 1 N–H and O–H groups in total. The number of nitrogens with one attached hydrogen (secondary N) is 1. The summed E-state index contributed by atoms with van der Waals surface area (Å²) in [6, 6.07) is 12.8. The van der Waals surface area contributed by atoms with Crippen LogP contribution >= 0.6 is 0 Å². The number of hydrogen-bond donors (Lipinski definition) is 1. The van der Waals surface area contributed by atoms with Gasteiger partial charge in [-0.15, -0.1) is 0 Å². The van der Waals surface area contributed by atoms with Crippen LogP contribution in [0.25, 0.3) is 10.8 Å². The van der Waals surface area contributed by atoms with E-state index in [-0.39, 0.29) is 42.9 Å². The molecular weight excluding hydrogens is 444 g/mol. The van der Waals surface area contributed by atoms with E-state index < -0.39 is 10.0 Å². The van der Waals surface area contributed by atoms with E-state index >= 15 is 0 Å². The maximum Gasteiger partial charge on any atom is 0.243 e. The topological polar surface area (TPSA) is 99.3 Å². The van der Waals surface area contributed by atoms with Gasteiger partial charge in [0, 0.05) is 46.4 Å². The molecule has 0 atom stereocenters.